The Morgan fingerprint density at radius 2 is 2.00 bits per heavy atom. The summed E-state index contributed by atoms with van der Waals surface area (Å²) in [4.78, 5) is -0.124. The fourth-order valence-corrected chi connectivity index (χ4v) is 2.21. The lowest BCUT2D eigenvalue weighted by Crippen LogP contribution is -2.15. The molecule has 1 aromatic heterocycles. The van der Waals surface area contributed by atoms with Gasteiger partial charge in [-0.3, -0.25) is 4.68 Å². The molecule has 0 aromatic carbocycles. The minimum absolute atomic E-state index is 0.0519. The normalized spacial score (nSPS) is 12.9. The van der Waals surface area contributed by atoms with Crippen LogP contribution in [0.2, 0.25) is 0 Å². The maximum atomic E-state index is 11.2. The summed E-state index contributed by atoms with van der Waals surface area (Å²) < 4.78 is 45.4. The zero-order valence-corrected chi connectivity index (χ0v) is 10.3. The van der Waals surface area contributed by atoms with E-state index in [0.717, 1.165) is 6.20 Å². The number of hydrogen-bond acceptors (Lipinski definition) is 5. The summed E-state index contributed by atoms with van der Waals surface area (Å²) in [6.45, 7) is 1.67. The molecule has 0 spiro atoms. The number of aromatic nitrogens is 2. The zero-order chi connectivity index (χ0) is 12.4. The van der Waals surface area contributed by atoms with Gasteiger partial charge in [0, 0.05) is 11.9 Å². The molecule has 1 rings (SSSR count). The smallest absolute Gasteiger partial charge is 0.241 e. The Balaban J connectivity index is 2.75. The van der Waals surface area contributed by atoms with Gasteiger partial charge in [-0.25, -0.2) is 22.0 Å². The number of nitrogens with zero attached hydrogens (tertiary/aromatic N) is 2. The quantitative estimate of drug-likeness (QED) is 0.732. The van der Waals surface area contributed by atoms with E-state index in [1.165, 1.54) is 10.9 Å². The monoisotopic (exact) mass is 267 g/mol. The van der Waals surface area contributed by atoms with Gasteiger partial charge in [0.1, 0.15) is 4.90 Å². The average Bonchev–Trinajstić information content (AvgIpc) is 2.63. The Bertz CT molecular complexity index is 558. The average molecular weight is 267 g/mol. The second-order valence-electron chi connectivity index (χ2n) is 3.22. The molecule has 2 N–H and O–H groups in total. The molecule has 9 heteroatoms. The second kappa shape index (κ2) is 4.52. The minimum Gasteiger partial charge on any atom is -0.270 e. The fourth-order valence-electron chi connectivity index (χ4n) is 0.991. The molecular formula is C7H13N3O4S2. The molecule has 1 aromatic rings. The van der Waals surface area contributed by atoms with Crippen molar-refractivity contribution in [2.75, 3.05) is 11.5 Å². The lowest BCUT2D eigenvalue weighted by atomic mass is 10.7. The molecule has 7 nitrogen and oxygen atoms in total. The number of aryl methyl sites for hydroxylation is 1. The van der Waals surface area contributed by atoms with E-state index in [2.05, 4.69) is 5.10 Å². The van der Waals surface area contributed by atoms with Gasteiger partial charge in [-0.2, -0.15) is 5.10 Å². The maximum Gasteiger partial charge on any atom is 0.241 e. The Kier molecular flexibility index (Phi) is 3.71. The van der Waals surface area contributed by atoms with Crippen molar-refractivity contribution in [1.82, 2.24) is 9.78 Å². The second-order valence-corrected chi connectivity index (χ2v) is 7.25. The van der Waals surface area contributed by atoms with E-state index in [9.17, 15) is 16.8 Å². The SMILES string of the molecule is CCS(=O)(=O)CCn1cc(S(N)(=O)=O)cn1. The molecule has 0 bridgehead atoms. The van der Waals surface area contributed by atoms with Crippen molar-refractivity contribution in [2.24, 2.45) is 5.14 Å². The molecule has 0 saturated carbocycles. The van der Waals surface area contributed by atoms with E-state index in [-0.39, 0.29) is 22.9 Å². The van der Waals surface area contributed by atoms with Crippen molar-refractivity contribution < 1.29 is 16.8 Å². The van der Waals surface area contributed by atoms with Crippen LogP contribution in [-0.2, 0) is 26.4 Å². The van der Waals surface area contributed by atoms with Crippen LogP contribution in [0.5, 0.6) is 0 Å². The first kappa shape index (κ1) is 13.1. The summed E-state index contributed by atoms with van der Waals surface area (Å²) in [5.41, 5.74) is 0. The van der Waals surface area contributed by atoms with Crippen LogP contribution in [0.4, 0.5) is 0 Å². The maximum absolute atomic E-state index is 11.2. The third-order valence-corrected chi connectivity index (χ3v) is 4.56. The molecule has 0 aliphatic carbocycles. The van der Waals surface area contributed by atoms with E-state index < -0.39 is 19.9 Å². The lowest BCUT2D eigenvalue weighted by Gasteiger charge is -2.01. The van der Waals surface area contributed by atoms with Crippen LogP contribution >= 0.6 is 0 Å². The fraction of sp³-hybridized carbons (Fsp3) is 0.571. The number of rotatable bonds is 5. The van der Waals surface area contributed by atoms with Gasteiger partial charge in [0.25, 0.3) is 0 Å². The van der Waals surface area contributed by atoms with Gasteiger partial charge in [-0.15, -0.1) is 0 Å². The van der Waals surface area contributed by atoms with E-state index in [1.807, 2.05) is 0 Å². The molecule has 0 atom stereocenters. The Labute approximate surface area is 94.2 Å². The molecule has 92 valence electrons. The van der Waals surface area contributed by atoms with Crippen LogP contribution in [0.25, 0.3) is 0 Å². The van der Waals surface area contributed by atoms with Crippen molar-refractivity contribution in [2.45, 2.75) is 18.4 Å². The highest BCUT2D eigenvalue weighted by Crippen LogP contribution is 2.04. The van der Waals surface area contributed by atoms with Gasteiger partial charge < -0.3 is 0 Å². The molecule has 0 amide bonds. The molecule has 0 aliphatic rings. The standard InChI is InChI=1S/C7H13N3O4S2/c1-2-15(11,12)4-3-10-6-7(5-9-10)16(8,13)14/h5-6H,2-4H2,1H3,(H2,8,13,14). The number of nitrogens with two attached hydrogens (primary N) is 1. The number of sulfonamides is 1. The Morgan fingerprint density at radius 1 is 1.38 bits per heavy atom. The number of hydrogen-bond donors (Lipinski definition) is 1. The lowest BCUT2D eigenvalue weighted by molar-refractivity contribution is 0.581. The summed E-state index contributed by atoms with van der Waals surface area (Å²) in [5.74, 6) is -0.0223. The molecule has 0 aliphatic heterocycles. The van der Waals surface area contributed by atoms with Gasteiger partial charge in [0.2, 0.25) is 10.0 Å². The van der Waals surface area contributed by atoms with Crippen LogP contribution in [0, 0.1) is 0 Å². The van der Waals surface area contributed by atoms with Crippen LogP contribution in [-0.4, -0.2) is 38.1 Å². The first-order valence-corrected chi connectivity index (χ1v) is 7.87. The minimum atomic E-state index is -3.77. The van der Waals surface area contributed by atoms with Crippen molar-refractivity contribution in [3.8, 4) is 0 Å². The molecule has 1 heterocycles. The van der Waals surface area contributed by atoms with Crippen molar-refractivity contribution >= 4 is 19.9 Å². The highest BCUT2D eigenvalue weighted by Gasteiger charge is 2.12. The third kappa shape index (κ3) is 3.58. The van der Waals surface area contributed by atoms with E-state index in [4.69, 9.17) is 5.14 Å². The molecule has 0 radical (unpaired) electrons. The van der Waals surface area contributed by atoms with Gasteiger partial charge in [0.05, 0.1) is 18.5 Å². The molecule has 0 saturated heterocycles. The summed E-state index contributed by atoms with van der Waals surface area (Å²) in [6, 6.07) is 0. The molecule has 16 heavy (non-hydrogen) atoms. The van der Waals surface area contributed by atoms with Gasteiger partial charge in [0.15, 0.2) is 9.84 Å². The molecule has 0 unspecified atom stereocenters. The van der Waals surface area contributed by atoms with E-state index >= 15 is 0 Å². The summed E-state index contributed by atoms with van der Waals surface area (Å²) in [6.07, 6.45) is 2.30. The molecular weight excluding hydrogens is 254 g/mol. The summed E-state index contributed by atoms with van der Waals surface area (Å²) in [7, 11) is -6.86. The van der Waals surface area contributed by atoms with Crippen molar-refractivity contribution in [3.63, 3.8) is 0 Å². The first-order chi connectivity index (χ1) is 7.24. The largest absolute Gasteiger partial charge is 0.270 e. The highest BCUT2D eigenvalue weighted by atomic mass is 32.2. The van der Waals surface area contributed by atoms with Crippen LogP contribution in [0.1, 0.15) is 6.92 Å². The predicted octanol–water partition coefficient (Wildman–Crippen LogP) is -1.03. The van der Waals surface area contributed by atoms with Gasteiger partial charge in [-0.1, -0.05) is 6.92 Å². The summed E-state index contributed by atoms with van der Waals surface area (Å²) in [5, 5.41) is 8.59. The van der Waals surface area contributed by atoms with Gasteiger partial charge in [-0.05, 0) is 0 Å². The number of sulfone groups is 1. The van der Waals surface area contributed by atoms with Crippen molar-refractivity contribution in [1.29, 1.82) is 0 Å². The van der Waals surface area contributed by atoms with Gasteiger partial charge >= 0.3 is 0 Å². The Morgan fingerprint density at radius 3 is 2.44 bits per heavy atom. The van der Waals surface area contributed by atoms with Crippen LogP contribution < -0.4 is 5.14 Å². The number of primary sulfonamides is 1. The van der Waals surface area contributed by atoms with E-state index in [0.29, 0.717) is 0 Å². The van der Waals surface area contributed by atoms with E-state index in [1.54, 1.807) is 6.92 Å². The molecule has 0 fully saturated rings. The first-order valence-electron chi connectivity index (χ1n) is 4.50. The zero-order valence-electron chi connectivity index (χ0n) is 8.70. The summed E-state index contributed by atoms with van der Waals surface area (Å²) >= 11 is 0. The predicted molar refractivity (Wildman–Crippen MR) is 57.9 cm³/mol. The highest BCUT2D eigenvalue weighted by molar-refractivity contribution is 7.91. The third-order valence-electron chi connectivity index (χ3n) is 2.01. The Hall–Kier alpha value is -0.930. The van der Waals surface area contributed by atoms with Crippen LogP contribution in [0.3, 0.4) is 0 Å². The topological polar surface area (TPSA) is 112 Å². The van der Waals surface area contributed by atoms with Crippen LogP contribution in [0.15, 0.2) is 17.3 Å². The van der Waals surface area contributed by atoms with Crippen molar-refractivity contribution in [3.05, 3.63) is 12.4 Å².